The molecule has 0 aliphatic carbocycles. The first kappa shape index (κ1) is 14.6. The van der Waals surface area contributed by atoms with Crippen molar-refractivity contribution in [3.05, 3.63) is 28.8 Å². The molecule has 1 aromatic carbocycles. The molecule has 5 nitrogen and oxygen atoms in total. The van der Waals surface area contributed by atoms with E-state index in [4.69, 9.17) is 22.5 Å². The molecule has 0 saturated heterocycles. The van der Waals surface area contributed by atoms with Crippen molar-refractivity contribution in [1.29, 1.82) is 0 Å². The second-order valence-electron chi connectivity index (χ2n) is 4.68. The predicted octanol–water partition coefficient (Wildman–Crippen LogP) is 1.64. The number of aliphatic hydroxyl groups is 1. The zero-order valence-corrected chi connectivity index (χ0v) is 11.4. The Morgan fingerprint density at radius 3 is 2.61 bits per heavy atom. The lowest BCUT2D eigenvalue weighted by Crippen LogP contribution is -2.45. The number of nitrogens with two attached hydrogens (primary N) is 1. The first-order valence-corrected chi connectivity index (χ1v) is 5.83. The summed E-state index contributed by atoms with van der Waals surface area (Å²) in [5, 5.41) is 21.7. The third-order valence-corrected chi connectivity index (χ3v) is 3.23. The fraction of sp³-hybridized carbons (Fsp3) is 0.417. The number of hydrogen-bond donors (Lipinski definition) is 3. The minimum atomic E-state index is -0.474. The average Bonchev–Trinajstić information content (AvgIpc) is 2.36. The van der Waals surface area contributed by atoms with E-state index in [1.165, 1.54) is 0 Å². The van der Waals surface area contributed by atoms with Gasteiger partial charge < -0.3 is 20.9 Å². The molecule has 0 aliphatic heterocycles. The molecule has 0 heterocycles. The molecule has 0 spiro atoms. The number of likely N-dealkylation sites (N-methyl/N-ethyl adjacent to an activating group) is 1. The van der Waals surface area contributed by atoms with Crippen molar-refractivity contribution in [3.63, 3.8) is 0 Å². The van der Waals surface area contributed by atoms with Gasteiger partial charge in [0.1, 0.15) is 0 Å². The van der Waals surface area contributed by atoms with Crippen molar-refractivity contribution in [3.8, 4) is 0 Å². The molecule has 0 saturated carbocycles. The van der Waals surface area contributed by atoms with Crippen LogP contribution in [0, 0.1) is 0 Å². The van der Waals surface area contributed by atoms with E-state index in [0.717, 1.165) is 5.69 Å². The number of anilines is 1. The second kappa shape index (κ2) is 5.46. The Bertz CT molecular complexity index is 461. The van der Waals surface area contributed by atoms with Crippen molar-refractivity contribution in [2.24, 2.45) is 10.9 Å². The maximum absolute atomic E-state index is 9.39. The van der Waals surface area contributed by atoms with Gasteiger partial charge in [-0.05, 0) is 32.0 Å². The minimum absolute atomic E-state index is 0.0203. The third kappa shape index (κ3) is 2.86. The molecule has 100 valence electrons. The highest BCUT2D eigenvalue weighted by atomic mass is 35.5. The van der Waals surface area contributed by atoms with Crippen LogP contribution in [0.2, 0.25) is 5.02 Å². The highest BCUT2D eigenvalue weighted by Crippen LogP contribution is 2.28. The molecule has 0 radical (unpaired) electrons. The van der Waals surface area contributed by atoms with Crippen LogP contribution < -0.4 is 10.6 Å². The Morgan fingerprint density at radius 1 is 1.50 bits per heavy atom. The molecular weight excluding hydrogens is 254 g/mol. The maximum Gasteiger partial charge on any atom is 0.172 e. The number of benzene rings is 1. The summed E-state index contributed by atoms with van der Waals surface area (Å²) in [6.07, 6.45) is 0. The summed E-state index contributed by atoms with van der Waals surface area (Å²) in [5.41, 5.74) is 6.42. The van der Waals surface area contributed by atoms with Crippen molar-refractivity contribution in [2.75, 3.05) is 18.6 Å². The molecule has 0 aromatic heterocycles. The van der Waals surface area contributed by atoms with Gasteiger partial charge in [0, 0.05) is 23.3 Å². The van der Waals surface area contributed by atoms with E-state index < -0.39 is 5.54 Å². The van der Waals surface area contributed by atoms with E-state index in [0.29, 0.717) is 10.6 Å². The molecule has 6 heteroatoms. The summed E-state index contributed by atoms with van der Waals surface area (Å²) >= 11 is 5.91. The van der Waals surface area contributed by atoms with E-state index in [1.807, 2.05) is 25.8 Å². The number of rotatable bonds is 4. The smallest absolute Gasteiger partial charge is 0.172 e. The van der Waals surface area contributed by atoms with Gasteiger partial charge in [-0.1, -0.05) is 16.8 Å². The van der Waals surface area contributed by atoms with Gasteiger partial charge in [0.2, 0.25) is 0 Å². The van der Waals surface area contributed by atoms with Gasteiger partial charge >= 0.3 is 0 Å². The Labute approximate surface area is 111 Å². The summed E-state index contributed by atoms with van der Waals surface area (Å²) in [7, 11) is 1.83. The van der Waals surface area contributed by atoms with Crippen molar-refractivity contribution in [2.45, 2.75) is 19.4 Å². The summed E-state index contributed by atoms with van der Waals surface area (Å²) in [4.78, 5) is 1.86. The molecule has 0 amide bonds. The van der Waals surface area contributed by atoms with Crippen LogP contribution in [0.5, 0.6) is 0 Å². The lowest BCUT2D eigenvalue weighted by Gasteiger charge is -2.37. The molecule has 1 rings (SSSR count). The summed E-state index contributed by atoms with van der Waals surface area (Å²) in [6.45, 7) is 3.75. The number of amidine groups is 1. The molecule has 0 unspecified atom stereocenters. The molecule has 4 N–H and O–H groups in total. The van der Waals surface area contributed by atoms with Crippen LogP contribution in [0.1, 0.15) is 19.4 Å². The van der Waals surface area contributed by atoms with Crippen LogP contribution in [0.4, 0.5) is 5.69 Å². The number of aliphatic hydroxyl groups excluding tert-OH is 1. The van der Waals surface area contributed by atoms with Gasteiger partial charge in [-0.25, -0.2) is 0 Å². The Kier molecular flexibility index (Phi) is 4.43. The highest BCUT2D eigenvalue weighted by molar-refractivity contribution is 6.31. The normalized spacial score (nSPS) is 12.6. The Hall–Kier alpha value is -1.46. The van der Waals surface area contributed by atoms with Gasteiger partial charge in [0.05, 0.1) is 12.1 Å². The van der Waals surface area contributed by atoms with Crippen molar-refractivity contribution >= 4 is 23.1 Å². The number of nitrogens with zero attached hydrogens (tertiary/aromatic N) is 2. The second-order valence-corrected chi connectivity index (χ2v) is 5.11. The van der Waals surface area contributed by atoms with Gasteiger partial charge in [-0.3, -0.25) is 0 Å². The molecular formula is C12H18ClN3O2. The fourth-order valence-electron chi connectivity index (χ4n) is 1.49. The molecule has 0 fully saturated rings. The monoisotopic (exact) mass is 271 g/mol. The first-order chi connectivity index (χ1) is 8.33. The molecule has 1 aromatic rings. The van der Waals surface area contributed by atoms with Gasteiger partial charge in [-0.15, -0.1) is 0 Å². The minimum Gasteiger partial charge on any atom is -0.409 e. The molecule has 0 atom stereocenters. The van der Waals surface area contributed by atoms with Crippen LogP contribution in [0.3, 0.4) is 0 Å². The van der Waals surface area contributed by atoms with Crippen LogP contribution in [0.15, 0.2) is 23.4 Å². The topological polar surface area (TPSA) is 82.1 Å². The molecule has 0 bridgehead atoms. The zero-order chi connectivity index (χ0) is 13.9. The molecule has 0 aliphatic rings. The lowest BCUT2D eigenvalue weighted by atomic mass is 10.0. The van der Waals surface area contributed by atoms with E-state index in [-0.39, 0.29) is 12.4 Å². The van der Waals surface area contributed by atoms with E-state index in [1.54, 1.807) is 18.2 Å². The summed E-state index contributed by atoms with van der Waals surface area (Å²) < 4.78 is 0. The maximum atomic E-state index is 9.39. The Balaban J connectivity index is 3.32. The van der Waals surface area contributed by atoms with Gasteiger partial charge in [-0.2, -0.15) is 0 Å². The van der Waals surface area contributed by atoms with E-state index in [9.17, 15) is 5.11 Å². The number of hydrogen-bond acceptors (Lipinski definition) is 4. The SMILES string of the molecule is CN(c1ccc(Cl)cc1/C(N)=N/O)C(C)(C)CO. The van der Waals surface area contributed by atoms with Gasteiger partial charge in [0.15, 0.2) is 5.84 Å². The van der Waals surface area contributed by atoms with Crippen molar-refractivity contribution < 1.29 is 10.3 Å². The largest absolute Gasteiger partial charge is 0.409 e. The Morgan fingerprint density at radius 2 is 2.11 bits per heavy atom. The number of halogens is 1. The zero-order valence-electron chi connectivity index (χ0n) is 10.7. The van der Waals surface area contributed by atoms with Gasteiger partial charge in [0.25, 0.3) is 0 Å². The van der Waals surface area contributed by atoms with Crippen LogP contribution in [-0.2, 0) is 0 Å². The average molecular weight is 272 g/mol. The van der Waals surface area contributed by atoms with Crippen LogP contribution in [0.25, 0.3) is 0 Å². The predicted molar refractivity (Wildman–Crippen MR) is 73.5 cm³/mol. The molecule has 18 heavy (non-hydrogen) atoms. The van der Waals surface area contributed by atoms with Crippen molar-refractivity contribution in [1.82, 2.24) is 0 Å². The summed E-state index contributed by atoms with van der Waals surface area (Å²) in [5.74, 6) is -0.0203. The van der Waals surface area contributed by atoms with Crippen LogP contribution >= 0.6 is 11.6 Å². The van der Waals surface area contributed by atoms with Crippen LogP contribution in [-0.4, -0.2) is 35.3 Å². The standard InChI is InChI=1S/C12H18ClN3O2/c1-12(2,7-17)16(3)10-5-4-8(13)6-9(10)11(14)15-18/h4-6,17-18H,7H2,1-3H3,(H2,14,15). The highest BCUT2D eigenvalue weighted by Gasteiger charge is 2.25. The summed E-state index contributed by atoms with van der Waals surface area (Å²) in [6, 6.07) is 5.11. The lowest BCUT2D eigenvalue weighted by molar-refractivity contribution is 0.216. The number of oxime groups is 1. The van der Waals surface area contributed by atoms with E-state index in [2.05, 4.69) is 5.16 Å². The third-order valence-electron chi connectivity index (χ3n) is 3.00. The van der Waals surface area contributed by atoms with E-state index >= 15 is 0 Å². The quantitative estimate of drug-likeness (QED) is 0.337. The first-order valence-electron chi connectivity index (χ1n) is 5.45. The fourth-order valence-corrected chi connectivity index (χ4v) is 1.66.